The van der Waals surface area contributed by atoms with Crippen molar-refractivity contribution in [1.82, 2.24) is 0 Å². The number of carbonyl (C=O) groups excluding carboxylic acids is 2. The van der Waals surface area contributed by atoms with E-state index < -0.39 is 5.97 Å². The third kappa shape index (κ3) is 4.13. The van der Waals surface area contributed by atoms with Crippen molar-refractivity contribution in [3.8, 4) is 5.75 Å². The molecule has 126 valence electrons. The molecular weight excluding hydrogens is 306 g/mol. The number of phenolic OH excluding ortho intramolecular Hbond substituents is 1. The number of phenols is 1. The SMILES string of the molecule is COC(=O)c1ccc(NC(=O)c2ccccc2CC(C)C)c(O)c1. The Morgan fingerprint density at radius 1 is 1.17 bits per heavy atom. The molecule has 0 spiro atoms. The fourth-order valence-electron chi connectivity index (χ4n) is 2.43. The van der Waals surface area contributed by atoms with E-state index >= 15 is 0 Å². The second kappa shape index (κ2) is 7.64. The summed E-state index contributed by atoms with van der Waals surface area (Å²) in [5.74, 6) is -0.614. The van der Waals surface area contributed by atoms with Crippen LogP contribution in [0.5, 0.6) is 5.75 Å². The molecular formula is C19H21NO4. The first kappa shape index (κ1) is 17.5. The van der Waals surface area contributed by atoms with Gasteiger partial charge in [0.05, 0.1) is 18.4 Å². The minimum atomic E-state index is -0.551. The Bertz CT molecular complexity index is 753. The van der Waals surface area contributed by atoms with Gasteiger partial charge in [-0.3, -0.25) is 4.79 Å². The normalized spacial score (nSPS) is 10.5. The van der Waals surface area contributed by atoms with Gasteiger partial charge in [-0.05, 0) is 42.2 Å². The molecule has 0 aromatic heterocycles. The molecule has 0 bridgehead atoms. The molecule has 0 aliphatic rings. The maximum Gasteiger partial charge on any atom is 0.337 e. The highest BCUT2D eigenvalue weighted by Gasteiger charge is 2.15. The number of hydrogen-bond donors (Lipinski definition) is 2. The zero-order chi connectivity index (χ0) is 17.7. The molecule has 0 saturated heterocycles. The number of benzene rings is 2. The minimum Gasteiger partial charge on any atom is -0.506 e. The molecule has 0 aliphatic carbocycles. The quantitative estimate of drug-likeness (QED) is 0.649. The van der Waals surface area contributed by atoms with Gasteiger partial charge in [0, 0.05) is 5.56 Å². The molecule has 5 nitrogen and oxygen atoms in total. The van der Waals surface area contributed by atoms with Crippen LogP contribution in [-0.4, -0.2) is 24.1 Å². The Morgan fingerprint density at radius 2 is 1.88 bits per heavy atom. The van der Waals surface area contributed by atoms with Crippen LogP contribution in [0.15, 0.2) is 42.5 Å². The Labute approximate surface area is 141 Å². The van der Waals surface area contributed by atoms with Crippen molar-refractivity contribution in [3.05, 3.63) is 59.2 Å². The van der Waals surface area contributed by atoms with Crippen LogP contribution >= 0.6 is 0 Å². The monoisotopic (exact) mass is 327 g/mol. The molecule has 2 aromatic carbocycles. The highest BCUT2D eigenvalue weighted by molar-refractivity contribution is 6.06. The van der Waals surface area contributed by atoms with Crippen molar-refractivity contribution >= 4 is 17.6 Å². The lowest BCUT2D eigenvalue weighted by Gasteiger charge is -2.13. The summed E-state index contributed by atoms with van der Waals surface area (Å²) in [6, 6.07) is 11.6. The van der Waals surface area contributed by atoms with Crippen molar-refractivity contribution < 1.29 is 19.4 Å². The molecule has 0 atom stereocenters. The van der Waals surface area contributed by atoms with E-state index in [9.17, 15) is 14.7 Å². The number of methoxy groups -OCH3 is 1. The second-order valence-corrected chi connectivity index (χ2v) is 5.93. The molecule has 2 rings (SSSR count). The first-order valence-corrected chi connectivity index (χ1v) is 7.73. The number of ether oxygens (including phenoxy) is 1. The Balaban J connectivity index is 2.23. The predicted octanol–water partition coefficient (Wildman–Crippen LogP) is 3.63. The van der Waals surface area contributed by atoms with Gasteiger partial charge in [0.15, 0.2) is 0 Å². The zero-order valence-corrected chi connectivity index (χ0v) is 14.0. The molecule has 0 aliphatic heterocycles. The number of aromatic hydroxyl groups is 1. The van der Waals surface area contributed by atoms with Crippen LogP contribution in [0.4, 0.5) is 5.69 Å². The maximum absolute atomic E-state index is 12.5. The molecule has 0 unspecified atom stereocenters. The highest BCUT2D eigenvalue weighted by atomic mass is 16.5. The number of carbonyl (C=O) groups is 2. The summed E-state index contributed by atoms with van der Waals surface area (Å²) in [7, 11) is 1.26. The van der Waals surface area contributed by atoms with Gasteiger partial charge >= 0.3 is 5.97 Å². The van der Waals surface area contributed by atoms with Crippen LogP contribution in [0.2, 0.25) is 0 Å². The third-order valence-electron chi connectivity index (χ3n) is 3.56. The molecule has 0 fully saturated rings. The van der Waals surface area contributed by atoms with Crippen LogP contribution in [-0.2, 0) is 11.2 Å². The number of amides is 1. The van der Waals surface area contributed by atoms with Crippen molar-refractivity contribution in [3.63, 3.8) is 0 Å². The first-order chi connectivity index (χ1) is 11.4. The average molecular weight is 327 g/mol. The van der Waals surface area contributed by atoms with Crippen molar-refractivity contribution in [2.24, 2.45) is 5.92 Å². The third-order valence-corrected chi connectivity index (χ3v) is 3.56. The van der Waals surface area contributed by atoms with E-state index in [4.69, 9.17) is 0 Å². The fourth-order valence-corrected chi connectivity index (χ4v) is 2.43. The van der Waals surface area contributed by atoms with Crippen molar-refractivity contribution in [1.29, 1.82) is 0 Å². The summed E-state index contributed by atoms with van der Waals surface area (Å²) in [5, 5.41) is 12.7. The van der Waals surface area contributed by atoms with E-state index in [0.29, 0.717) is 11.5 Å². The summed E-state index contributed by atoms with van der Waals surface area (Å²) in [6.45, 7) is 4.18. The van der Waals surface area contributed by atoms with Crippen LogP contribution in [0.3, 0.4) is 0 Å². The standard InChI is InChI=1S/C19H21NO4/c1-12(2)10-13-6-4-5-7-15(13)18(22)20-16-9-8-14(11-17(16)21)19(23)24-3/h4-9,11-12,21H,10H2,1-3H3,(H,20,22). The van der Waals surface area contributed by atoms with E-state index in [1.165, 1.54) is 25.3 Å². The molecule has 2 N–H and O–H groups in total. The van der Waals surface area contributed by atoms with Gasteiger partial charge in [-0.25, -0.2) is 4.79 Å². The number of rotatable bonds is 5. The molecule has 0 radical (unpaired) electrons. The fraction of sp³-hybridized carbons (Fsp3) is 0.263. The summed E-state index contributed by atoms with van der Waals surface area (Å²) in [6.07, 6.45) is 0.789. The molecule has 2 aromatic rings. The van der Waals surface area contributed by atoms with Crippen LogP contribution in [0.25, 0.3) is 0 Å². The Kier molecular flexibility index (Phi) is 5.58. The number of nitrogens with one attached hydrogen (secondary N) is 1. The average Bonchev–Trinajstić information content (AvgIpc) is 2.55. The first-order valence-electron chi connectivity index (χ1n) is 7.73. The van der Waals surface area contributed by atoms with E-state index in [2.05, 4.69) is 23.9 Å². The lowest BCUT2D eigenvalue weighted by atomic mass is 9.97. The minimum absolute atomic E-state index is 0.187. The van der Waals surface area contributed by atoms with E-state index in [0.717, 1.165) is 12.0 Å². The van der Waals surface area contributed by atoms with Gasteiger partial charge in [-0.2, -0.15) is 0 Å². The second-order valence-electron chi connectivity index (χ2n) is 5.93. The summed E-state index contributed by atoms with van der Waals surface area (Å²) in [5.41, 5.74) is 1.98. The molecule has 5 heteroatoms. The van der Waals surface area contributed by atoms with Gasteiger partial charge in [0.25, 0.3) is 5.91 Å². The molecule has 0 heterocycles. The summed E-state index contributed by atoms with van der Waals surface area (Å²) >= 11 is 0. The lowest BCUT2D eigenvalue weighted by molar-refractivity contribution is 0.0600. The van der Waals surface area contributed by atoms with Gasteiger partial charge in [0.1, 0.15) is 5.75 Å². The highest BCUT2D eigenvalue weighted by Crippen LogP contribution is 2.26. The van der Waals surface area contributed by atoms with Crippen LogP contribution < -0.4 is 5.32 Å². The summed E-state index contributed by atoms with van der Waals surface area (Å²) in [4.78, 5) is 24.0. The largest absolute Gasteiger partial charge is 0.506 e. The van der Waals surface area contributed by atoms with E-state index in [-0.39, 0.29) is 22.9 Å². The van der Waals surface area contributed by atoms with Gasteiger partial charge < -0.3 is 15.2 Å². The summed E-state index contributed by atoms with van der Waals surface area (Å²) < 4.78 is 4.60. The molecule has 1 amide bonds. The number of anilines is 1. The van der Waals surface area contributed by atoms with Crippen molar-refractivity contribution in [2.45, 2.75) is 20.3 Å². The smallest absolute Gasteiger partial charge is 0.337 e. The van der Waals surface area contributed by atoms with Crippen molar-refractivity contribution in [2.75, 3.05) is 12.4 Å². The predicted molar refractivity (Wildman–Crippen MR) is 92.4 cm³/mol. The van der Waals surface area contributed by atoms with Crippen LogP contribution in [0, 0.1) is 5.92 Å². The topological polar surface area (TPSA) is 75.6 Å². The van der Waals surface area contributed by atoms with Gasteiger partial charge in [-0.1, -0.05) is 32.0 Å². The maximum atomic E-state index is 12.5. The number of hydrogen-bond acceptors (Lipinski definition) is 4. The van der Waals surface area contributed by atoms with Crippen LogP contribution in [0.1, 0.15) is 40.1 Å². The lowest BCUT2D eigenvalue weighted by Crippen LogP contribution is -2.15. The molecule has 24 heavy (non-hydrogen) atoms. The molecule has 0 saturated carbocycles. The van der Waals surface area contributed by atoms with E-state index in [1.807, 2.05) is 12.1 Å². The van der Waals surface area contributed by atoms with Gasteiger partial charge in [0.2, 0.25) is 0 Å². The van der Waals surface area contributed by atoms with Gasteiger partial charge in [-0.15, -0.1) is 0 Å². The van der Waals surface area contributed by atoms with E-state index in [1.54, 1.807) is 12.1 Å². The Morgan fingerprint density at radius 3 is 2.50 bits per heavy atom. The Hall–Kier alpha value is -2.82. The number of esters is 1. The zero-order valence-electron chi connectivity index (χ0n) is 14.0.